The molecule has 0 spiro atoms. The first-order valence-electron chi connectivity index (χ1n) is 10.9. The number of aromatic nitrogens is 2. The topological polar surface area (TPSA) is 55.2 Å². The summed E-state index contributed by atoms with van der Waals surface area (Å²) >= 11 is 0. The molecule has 2 aliphatic rings. The Morgan fingerprint density at radius 1 is 1.21 bits per heavy atom. The van der Waals surface area contributed by atoms with Crippen LogP contribution in [0.5, 0.6) is 11.5 Å². The number of phenols is 1. The summed E-state index contributed by atoms with van der Waals surface area (Å²) in [6.07, 6.45) is 14.0. The van der Waals surface area contributed by atoms with Crippen LogP contribution in [0.3, 0.4) is 0 Å². The number of hydrogen-bond donors (Lipinski definition) is 1. The number of rotatable bonds is 5. The number of unbranched alkanes of at least 4 members (excludes halogenated alkanes) is 2. The van der Waals surface area contributed by atoms with E-state index in [-0.39, 0.29) is 11.5 Å². The van der Waals surface area contributed by atoms with Crippen molar-refractivity contribution < 1.29 is 9.84 Å². The van der Waals surface area contributed by atoms with Crippen LogP contribution in [-0.4, -0.2) is 20.7 Å². The molecular formula is C25H32N2O2. The van der Waals surface area contributed by atoms with E-state index in [1.54, 1.807) is 12.4 Å². The first kappa shape index (κ1) is 19.9. The molecule has 1 aromatic heterocycles. The largest absolute Gasteiger partial charge is 0.507 e. The minimum absolute atomic E-state index is 0.176. The van der Waals surface area contributed by atoms with Crippen molar-refractivity contribution in [2.24, 2.45) is 5.92 Å². The lowest BCUT2D eigenvalue weighted by atomic mass is 9.67. The summed E-state index contributed by atoms with van der Waals surface area (Å²) in [5.41, 5.74) is 4.95. The van der Waals surface area contributed by atoms with Crippen LogP contribution >= 0.6 is 0 Å². The molecule has 29 heavy (non-hydrogen) atoms. The number of hydrogen-bond acceptors (Lipinski definition) is 4. The van der Waals surface area contributed by atoms with Crippen molar-refractivity contribution in [2.45, 2.75) is 77.7 Å². The lowest BCUT2D eigenvalue weighted by molar-refractivity contribution is 0.0108. The van der Waals surface area contributed by atoms with Gasteiger partial charge >= 0.3 is 0 Å². The molecule has 154 valence electrons. The summed E-state index contributed by atoms with van der Waals surface area (Å²) in [6.45, 7) is 8.78. The third-order valence-electron chi connectivity index (χ3n) is 6.63. The highest BCUT2D eigenvalue weighted by Gasteiger charge is 2.45. The number of phenolic OH excluding ortho intramolecular Hbond substituents is 1. The van der Waals surface area contributed by atoms with Gasteiger partial charge in [0.1, 0.15) is 23.4 Å². The van der Waals surface area contributed by atoms with Crippen molar-refractivity contribution in [1.82, 2.24) is 9.97 Å². The van der Waals surface area contributed by atoms with Gasteiger partial charge in [-0.05, 0) is 58.1 Å². The summed E-state index contributed by atoms with van der Waals surface area (Å²) in [6, 6.07) is 2.17. The van der Waals surface area contributed by atoms with Crippen LogP contribution in [0.25, 0.3) is 11.1 Å². The number of nitrogens with zero attached hydrogens (tertiary/aromatic N) is 2. The first-order chi connectivity index (χ1) is 13.9. The SMILES string of the molecule is CCCCCc1cc2c(c(O)c1-c1cncnc1)C1C=C(C)CCC1C(C)(C)O2. The smallest absolute Gasteiger partial charge is 0.131 e. The van der Waals surface area contributed by atoms with Crippen LogP contribution < -0.4 is 4.74 Å². The Morgan fingerprint density at radius 3 is 2.69 bits per heavy atom. The quantitative estimate of drug-likeness (QED) is 0.487. The summed E-state index contributed by atoms with van der Waals surface area (Å²) < 4.78 is 6.52. The van der Waals surface area contributed by atoms with E-state index in [9.17, 15) is 5.11 Å². The molecule has 2 unspecified atom stereocenters. The zero-order chi connectivity index (χ0) is 20.6. The lowest BCUT2D eigenvalue weighted by Gasteiger charge is -2.46. The number of allylic oxidation sites excluding steroid dienone is 2. The summed E-state index contributed by atoms with van der Waals surface area (Å²) in [5, 5.41) is 11.6. The highest BCUT2D eigenvalue weighted by Crippen LogP contribution is 2.55. The average molecular weight is 393 g/mol. The summed E-state index contributed by atoms with van der Waals surface area (Å²) in [4.78, 5) is 8.41. The molecule has 1 N–H and O–H groups in total. The second-order valence-corrected chi connectivity index (χ2v) is 9.14. The van der Waals surface area contributed by atoms with Gasteiger partial charge in [-0.25, -0.2) is 9.97 Å². The molecule has 0 radical (unpaired) electrons. The van der Waals surface area contributed by atoms with Crippen molar-refractivity contribution in [3.05, 3.63) is 47.6 Å². The second-order valence-electron chi connectivity index (χ2n) is 9.14. The molecule has 1 aliphatic heterocycles. The molecule has 0 amide bonds. The van der Waals surface area contributed by atoms with Crippen LogP contribution in [-0.2, 0) is 6.42 Å². The van der Waals surface area contributed by atoms with Crippen molar-refractivity contribution in [3.8, 4) is 22.6 Å². The van der Waals surface area contributed by atoms with Crippen LogP contribution in [0.1, 0.15) is 76.8 Å². The van der Waals surface area contributed by atoms with E-state index in [1.165, 1.54) is 18.3 Å². The maximum atomic E-state index is 11.6. The van der Waals surface area contributed by atoms with Crippen LogP contribution in [0.15, 0.2) is 36.4 Å². The highest BCUT2D eigenvalue weighted by atomic mass is 16.5. The average Bonchev–Trinajstić information content (AvgIpc) is 2.68. The van der Waals surface area contributed by atoms with Gasteiger partial charge in [-0.2, -0.15) is 0 Å². The van der Waals surface area contributed by atoms with Gasteiger partial charge in [-0.1, -0.05) is 31.4 Å². The van der Waals surface area contributed by atoms with E-state index in [2.05, 4.69) is 49.8 Å². The standard InChI is InChI=1S/C25H32N2O2/c1-5-6-7-8-17-12-21-23(24(28)22(17)18-13-26-15-27-14-18)19-11-16(2)9-10-20(19)25(3,4)29-21/h11-15,19-20,28H,5-10H2,1-4H3. The fourth-order valence-corrected chi connectivity index (χ4v) is 5.12. The Labute approximate surface area is 174 Å². The van der Waals surface area contributed by atoms with Crippen LogP contribution in [0, 0.1) is 5.92 Å². The van der Waals surface area contributed by atoms with Crippen LogP contribution in [0.4, 0.5) is 0 Å². The Hall–Kier alpha value is -2.36. The number of fused-ring (bicyclic) bond motifs is 3. The van der Waals surface area contributed by atoms with Gasteiger partial charge in [0, 0.05) is 40.9 Å². The number of benzene rings is 1. The molecule has 1 aliphatic carbocycles. The second kappa shape index (κ2) is 7.81. The minimum atomic E-state index is -0.251. The first-order valence-corrected chi connectivity index (χ1v) is 10.9. The molecule has 2 heterocycles. The van der Waals surface area contributed by atoms with Crippen molar-refractivity contribution >= 4 is 0 Å². The Morgan fingerprint density at radius 2 is 1.97 bits per heavy atom. The molecule has 1 aromatic carbocycles. The van der Waals surface area contributed by atoms with Gasteiger partial charge in [-0.15, -0.1) is 0 Å². The molecule has 4 rings (SSSR count). The fraction of sp³-hybridized carbons (Fsp3) is 0.520. The molecule has 0 saturated carbocycles. The van der Waals surface area contributed by atoms with E-state index in [0.717, 1.165) is 60.1 Å². The maximum absolute atomic E-state index is 11.6. The third-order valence-corrected chi connectivity index (χ3v) is 6.63. The van der Waals surface area contributed by atoms with E-state index >= 15 is 0 Å². The molecule has 0 bridgehead atoms. The van der Waals surface area contributed by atoms with Gasteiger partial charge in [0.15, 0.2) is 0 Å². The van der Waals surface area contributed by atoms with E-state index in [1.807, 2.05) is 0 Å². The zero-order valence-electron chi connectivity index (χ0n) is 18.0. The van der Waals surface area contributed by atoms with Gasteiger partial charge < -0.3 is 9.84 Å². The molecule has 2 atom stereocenters. The van der Waals surface area contributed by atoms with E-state index < -0.39 is 0 Å². The molecule has 4 heteroatoms. The Kier molecular flexibility index (Phi) is 5.37. The third kappa shape index (κ3) is 3.65. The Balaban J connectivity index is 1.91. The van der Waals surface area contributed by atoms with E-state index in [0.29, 0.717) is 11.7 Å². The number of aromatic hydroxyl groups is 1. The predicted octanol–water partition coefficient (Wildman–Crippen LogP) is 6.19. The van der Waals surface area contributed by atoms with E-state index in [4.69, 9.17) is 4.74 Å². The predicted molar refractivity (Wildman–Crippen MR) is 116 cm³/mol. The molecule has 0 fully saturated rings. The Bertz CT molecular complexity index is 918. The summed E-state index contributed by atoms with van der Waals surface area (Å²) in [7, 11) is 0. The van der Waals surface area contributed by atoms with Crippen molar-refractivity contribution in [2.75, 3.05) is 0 Å². The van der Waals surface area contributed by atoms with Crippen molar-refractivity contribution in [3.63, 3.8) is 0 Å². The molecule has 0 saturated heterocycles. The van der Waals surface area contributed by atoms with Gasteiger partial charge in [0.05, 0.1) is 0 Å². The molecule has 4 nitrogen and oxygen atoms in total. The fourth-order valence-electron chi connectivity index (χ4n) is 5.12. The molecule has 2 aromatic rings. The number of ether oxygens (including phenoxy) is 1. The monoisotopic (exact) mass is 392 g/mol. The maximum Gasteiger partial charge on any atom is 0.131 e. The minimum Gasteiger partial charge on any atom is -0.507 e. The molecular weight excluding hydrogens is 360 g/mol. The van der Waals surface area contributed by atoms with Crippen LogP contribution in [0.2, 0.25) is 0 Å². The van der Waals surface area contributed by atoms with Gasteiger partial charge in [0.2, 0.25) is 0 Å². The van der Waals surface area contributed by atoms with Gasteiger partial charge in [0.25, 0.3) is 0 Å². The van der Waals surface area contributed by atoms with Gasteiger partial charge in [-0.3, -0.25) is 0 Å². The zero-order valence-corrected chi connectivity index (χ0v) is 18.0. The lowest BCUT2D eigenvalue weighted by Crippen LogP contribution is -2.45. The highest BCUT2D eigenvalue weighted by molar-refractivity contribution is 5.77. The normalized spacial score (nSPS) is 22.3. The summed E-state index contributed by atoms with van der Waals surface area (Å²) in [5.74, 6) is 1.72. The number of aryl methyl sites for hydroxylation is 1. The van der Waals surface area contributed by atoms with Crippen molar-refractivity contribution in [1.29, 1.82) is 0 Å².